The van der Waals surface area contributed by atoms with Crippen molar-refractivity contribution in [3.05, 3.63) is 44.0 Å². The van der Waals surface area contributed by atoms with Crippen LogP contribution >= 0.6 is 46.4 Å². The Morgan fingerprint density at radius 3 is 2.60 bits per heavy atom. The molecule has 0 fully saturated rings. The van der Waals surface area contributed by atoms with Gasteiger partial charge in [-0.25, -0.2) is 15.0 Å². The maximum absolute atomic E-state index is 6.08. The van der Waals surface area contributed by atoms with Gasteiger partial charge in [0.05, 0.1) is 21.4 Å². The van der Waals surface area contributed by atoms with E-state index in [1.54, 1.807) is 6.07 Å². The first-order valence-electron chi connectivity index (χ1n) is 5.70. The van der Waals surface area contributed by atoms with Crippen LogP contribution in [0.1, 0.15) is 11.4 Å². The summed E-state index contributed by atoms with van der Waals surface area (Å²) in [6.07, 6.45) is 2.02. The second-order valence-electron chi connectivity index (χ2n) is 3.99. The number of nitrogens with zero attached hydrogens (tertiary/aromatic N) is 3. The molecular weight excluding hydrogens is 342 g/mol. The fourth-order valence-electron chi connectivity index (χ4n) is 1.54. The van der Waals surface area contributed by atoms with Crippen LogP contribution in [0.2, 0.25) is 20.2 Å². The van der Waals surface area contributed by atoms with Crippen LogP contribution in [0.15, 0.2) is 12.4 Å². The number of halogens is 4. The first-order chi connectivity index (χ1) is 9.49. The molecule has 2 rings (SSSR count). The maximum atomic E-state index is 6.08. The molecule has 2 heterocycles. The number of nitrogens with one attached hydrogen (secondary N) is 1. The van der Waals surface area contributed by atoms with Crippen molar-refractivity contribution >= 4 is 52.2 Å². The second-order valence-corrected chi connectivity index (χ2v) is 5.54. The third kappa shape index (κ3) is 3.64. The summed E-state index contributed by atoms with van der Waals surface area (Å²) in [6, 6.07) is 1.58. The zero-order valence-corrected chi connectivity index (χ0v) is 13.4. The third-order valence-corrected chi connectivity index (χ3v) is 4.03. The van der Waals surface area contributed by atoms with Gasteiger partial charge in [0.2, 0.25) is 0 Å². The van der Waals surface area contributed by atoms with E-state index >= 15 is 0 Å². The number of hydrogen-bond acceptors (Lipinski definition) is 4. The van der Waals surface area contributed by atoms with Crippen molar-refractivity contribution in [3.8, 4) is 0 Å². The summed E-state index contributed by atoms with van der Waals surface area (Å²) >= 11 is 23.8. The van der Waals surface area contributed by atoms with Gasteiger partial charge in [0.1, 0.15) is 22.3 Å². The van der Waals surface area contributed by atoms with Gasteiger partial charge in [0.15, 0.2) is 0 Å². The minimum atomic E-state index is 0.238. The number of aryl methyl sites for hydroxylation is 1. The minimum Gasteiger partial charge on any atom is -0.368 e. The molecule has 1 N–H and O–H groups in total. The van der Waals surface area contributed by atoms with Crippen molar-refractivity contribution in [3.63, 3.8) is 0 Å². The first-order valence-corrected chi connectivity index (χ1v) is 7.21. The standard InChI is InChI=1S/C12H10Cl4N4/c1-6-10(15)12(19-5-18-6)17-3-2-9-7(13)4-8(14)11(16)20-9/h4-5H,2-3H2,1H3,(H,17,18,19). The molecule has 106 valence electrons. The van der Waals surface area contributed by atoms with Crippen LogP contribution in [0.4, 0.5) is 5.82 Å². The van der Waals surface area contributed by atoms with E-state index in [0.29, 0.717) is 39.5 Å². The molecule has 2 aromatic rings. The summed E-state index contributed by atoms with van der Waals surface area (Å²) in [5.74, 6) is 0.579. The summed E-state index contributed by atoms with van der Waals surface area (Å²) < 4.78 is 0. The van der Waals surface area contributed by atoms with Crippen LogP contribution < -0.4 is 5.32 Å². The van der Waals surface area contributed by atoms with Gasteiger partial charge in [-0.3, -0.25) is 0 Å². The molecule has 4 nitrogen and oxygen atoms in total. The Labute approximate surface area is 136 Å². The lowest BCUT2D eigenvalue weighted by Crippen LogP contribution is -2.09. The molecule has 2 aromatic heterocycles. The average Bonchev–Trinajstić information content (AvgIpc) is 2.40. The molecule has 0 radical (unpaired) electrons. The molecule has 0 spiro atoms. The van der Waals surface area contributed by atoms with Gasteiger partial charge in [-0.15, -0.1) is 0 Å². The average molecular weight is 352 g/mol. The van der Waals surface area contributed by atoms with Gasteiger partial charge in [0.25, 0.3) is 0 Å². The van der Waals surface area contributed by atoms with Crippen molar-refractivity contribution in [2.24, 2.45) is 0 Å². The lowest BCUT2D eigenvalue weighted by Gasteiger charge is -2.09. The van der Waals surface area contributed by atoms with E-state index in [0.717, 1.165) is 5.69 Å². The van der Waals surface area contributed by atoms with Crippen molar-refractivity contribution in [2.45, 2.75) is 13.3 Å². The molecule has 0 bridgehead atoms. The summed E-state index contributed by atoms with van der Waals surface area (Å²) in [4.78, 5) is 12.2. The molecule has 0 saturated heterocycles. The van der Waals surface area contributed by atoms with Crippen LogP contribution in [-0.4, -0.2) is 21.5 Å². The predicted molar refractivity (Wildman–Crippen MR) is 83.2 cm³/mol. The Morgan fingerprint density at radius 1 is 1.10 bits per heavy atom. The molecule has 0 aromatic carbocycles. The number of rotatable bonds is 4. The Morgan fingerprint density at radius 2 is 1.85 bits per heavy atom. The van der Waals surface area contributed by atoms with E-state index in [2.05, 4.69) is 20.3 Å². The highest BCUT2D eigenvalue weighted by Crippen LogP contribution is 2.26. The maximum Gasteiger partial charge on any atom is 0.148 e. The Balaban J connectivity index is 2.03. The van der Waals surface area contributed by atoms with Crippen LogP contribution in [0.5, 0.6) is 0 Å². The molecular formula is C12H10Cl4N4. The summed E-state index contributed by atoms with van der Waals surface area (Å²) in [5.41, 5.74) is 1.38. The third-order valence-electron chi connectivity index (χ3n) is 2.58. The predicted octanol–water partition coefficient (Wildman–Crippen LogP) is 4.45. The van der Waals surface area contributed by atoms with E-state index in [-0.39, 0.29) is 5.15 Å². The Hall–Kier alpha value is -0.810. The van der Waals surface area contributed by atoms with Gasteiger partial charge in [-0.05, 0) is 13.0 Å². The Kier molecular flexibility index (Phi) is 5.27. The number of pyridine rings is 1. The highest BCUT2D eigenvalue weighted by atomic mass is 35.5. The molecule has 0 unspecified atom stereocenters. The fourth-order valence-corrected chi connectivity index (χ4v) is 2.31. The van der Waals surface area contributed by atoms with Crippen molar-refractivity contribution in [1.82, 2.24) is 15.0 Å². The number of hydrogen-bond donors (Lipinski definition) is 1. The molecule has 0 aliphatic carbocycles. The molecule has 0 aliphatic rings. The van der Waals surface area contributed by atoms with E-state index < -0.39 is 0 Å². The smallest absolute Gasteiger partial charge is 0.148 e. The monoisotopic (exact) mass is 350 g/mol. The Bertz CT molecular complexity index is 633. The van der Waals surface area contributed by atoms with Crippen LogP contribution in [-0.2, 0) is 6.42 Å². The topological polar surface area (TPSA) is 50.7 Å². The minimum absolute atomic E-state index is 0.238. The lowest BCUT2D eigenvalue weighted by atomic mass is 10.2. The zero-order chi connectivity index (χ0) is 14.7. The van der Waals surface area contributed by atoms with Gasteiger partial charge in [-0.2, -0.15) is 0 Å². The van der Waals surface area contributed by atoms with Crippen LogP contribution in [0.25, 0.3) is 0 Å². The molecule has 0 atom stereocenters. The van der Waals surface area contributed by atoms with E-state index in [9.17, 15) is 0 Å². The van der Waals surface area contributed by atoms with Crippen molar-refractivity contribution in [2.75, 3.05) is 11.9 Å². The largest absolute Gasteiger partial charge is 0.368 e. The molecule has 0 amide bonds. The van der Waals surface area contributed by atoms with Gasteiger partial charge in [0, 0.05) is 13.0 Å². The molecule has 8 heteroatoms. The summed E-state index contributed by atoms with van der Waals surface area (Å²) in [7, 11) is 0. The van der Waals surface area contributed by atoms with Crippen LogP contribution in [0, 0.1) is 6.92 Å². The quantitative estimate of drug-likeness (QED) is 0.827. The normalized spacial score (nSPS) is 10.7. The fraction of sp³-hybridized carbons (Fsp3) is 0.250. The molecule has 0 aliphatic heterocycles. The van der Waals surface area contributed by atoms with Gasteiger partial charge < -0.3 is 5.32 Å². The molecule has 0 saturated carbocycles. The zero-order valence-electron chi connectivity index (χ0n) is 10.4. The molecule has 20 heavy (non-hydrogen) atoms. The highest BCUT2D eigenvalue weighted by molar-refractivity contribution is 6.42. The number of anilines is 1. The van der Waals surface area contributed by atoms with Gasteiger partial charge >= 0.3 is 0 Å². The summed E-state index contributed by atoms with van der Waals surface area (Å²) in [6.45, 7) is 2.37. The van der Waals surface area contributed by atoms with E-state index in [1.165, 1.54) is 6.33 Å². The van der Waals surface area contributed by atoms with Crippen molar-refractivity contribution in [1.29, 1.82) is 0 Å². The lowest BCUT2D eigenvalue weighted by molar-refractivity contribution is 0.948. The SMILES string of the molecule is Cc1ncnc(NCCc2nc(Cl)c(Cl)cc2Cl)c1Cl. The summed E-state index contributed by atoms with van der Waals surface area (Å²) in [5, 5.41) is 4.66. The highest BCUT2D eigenvalue weighted by Gasteiger charge is 2.09. The van der Waals surface area contributed by atoms with E-state index in [1.807, 2.05) is 6.92 Å². The van der Waals surface area contributed by atoms with Crippen molar-refractivity contribution < 1.29 is 0 Å². The van der Waals surface area contributed by atoms with E-state index in [4.69, 9.17) is 46.4 Å². The second kappa shape index (κ2) is 6.76. The number of aromatic nitrogens is 3. The van der Waals surface area contributed by atoms with Crippen LogP contribution in [0.3, 0.4) is 0 Å². The first kappa shape index (κ1) is 15.6. The van der Waals surface area contributed by atoms with Gasteiger partial charge in [-0.1, -0.05) is 46.4 Å².